The molecule has 1 aliphatic rings. The van der Waals surface area contributed by atoms with E-state index >= 15 is 0 Å². The van der Waals surface area contributed by atoms with E-state index in [4.69, 9.17) is 9.47 Å². The van der Waals surface area contributed by atoms with Crippen LogP contribution in [0.25, 0.3) is 10.9 Å². The van der Waals surface area contributed by atoms with Gasteiger partial charge < -0.3 is 19.4 Å². The summed E-state index contributed by atoms with van der Waals surface area (Å²) in [5.74, 6) is 1.33. The van der Waals surface area contributed by atoms with Gasteiger partial charge in [0.2, 0.25) is 0 Å². The van der Waals surface area contributed by atoms with E-state index in [1.165, 1.54) is 10.9 Å². The van der Waals surface area contributed by atoms with Gasteiger partial charge >= 0.3 is 0 Å². The number of rotatable bonds is 4. The third-order valence-corrected chi connectivity index (χ3v) is 6.04. The molecule has 0 spiro atoms. The van der Waals surface area contributed by atoms with E-state index in [0.29, 0.717) is 23.6 Å². The van der Waals surface area contributed by atoms with Crippen molar-refractivity contribution < 1.29 is 14.3 Å². The van der Waals surface area contributed by atoms with Crippen LogP contribution in [-0.2, 0) is 6.42 Å². The van der Waals surface area contributed by atoms with E-state index in [1.54, 1.807) is 14.2 Å². The van der Waals surface area contributed by atoms with Crippen molar-refractivity contribution in [2.24, 2.45) is 0 Å². The fraction of sp³-hybridized carbons (Fsp3) is 0.192. The van der Waals surface area contributed by atoms with Gasteiger partial charge in [0.15, 0.2) is 11.5 Å². The number of hydrogen-bond donors (Lipinski definition) is 1. The minimum absolute atomic E-state index is 0.0182. The van der Waals surface area contributed by atoms with Crippen molar-refractivity contribution in [3.05, 3.63) is 95.2 Å². The molecule has 5 rings (SSSR count). The molecule has 1 unspecified atom stereocenters. The van der Waals surface area contributed by atoms with E-state index in [9.17, 15) is 4.79 Å². The Morgan fingerprint density at radius 2 is 1.68 bits per heavy atom. The topological polar surface area (TPSA) is 54.6 Å². The second kappa shape index (κ2) is 7.84. The molecule has 0 saturated carbocycles. The average Bonchev–Trinajstić information content (AvgIpc) is 3.21. The van der Waals surface area contributed by atoms with Crippen LogP contribution in [0.5, 0.6) is 11.5 Å². The first kappa shape index (κ1) is 19.2. The van der Waals surface area contributed by atoms with Gasteiger partial charge in [0.1, 0.15) is 0 Å². The number of para-hydroxylation sites is 1. The van der Waals surface area contributed by atoms with Crippen LogP contribution in [0.4, 0.5) is 0 Å². The summed E-state index contributed by atoms with van der Waals surface area (Å²) in [6.07, 6.45) is 0.807. The molecule has 0 saturated heterocycles. The summed E-state index contributed by atoms with van der Waals surface area (Å²) in [4.78, 5) is 19.1. The Morgan fingerprint density at radius 3 is 2.45 bits per heavy atom. The van der Waals surface area contributed by atoms with Crippen LogP contribution in [0.3, 0.4) is 0 Å². The van der Waals surface area contributed by atoms with Crippen LogP contribution in [0.1, 0.15) is 33.2 Å². The zero-order chi connectivity index (χ0) is 21.4. The quantitative estimate of drug-likeness (QED) is 0.515. The highest BCUT2D eigenvalue weighted by Gasteiger charge is 2.35. The molecule has 4 aromatic rings. The Labute approximate surface area is 181 Å². The SMILES string of the molecule is COc1ccc(C2c3[nH]c4ccccc4c3CCN2C(=O)c2ccccc2)cc1OC. The second-order valence-electron chi connectivity index (χ2n) is 7.69. The van der Waals surface area contributed by atoms with E-state index in [2.05, 4.69) is 23.2 Å². The minimum Gasteiger partial charge on any atom is -0.493 e. The van der Waals surface area contributed by atoms with Crippen molar-refractivity contribution >= 4 is 16.8 Å². The van der Waals surface area contributed by atoms with E-state index in [-0.39, 0.29) is 11.9 Å². The predicted molar refractivity (Wildman–Crippen MR) is 121 cm³/mol. The largest absolute Gasteiger partial charge is 0.493 e. The van der Waals surface area contributed by atoms with Gasteiger partial charge in [-0.3, -0.25) is 4.79 Å². The molecule has 1 atom stereocenters. The number of fused-ring (bicyclic) bond motifs is 3. The molecule has 0 fully saturated rings. The number of methoxy groups -OCH3 is 2. The number of ether oxygens (including phenoxy) is 2. The van der Waals surface area contributed by atoms with E-state index < -0.39 is 0 Å². The molecule has 156 valence electrons. The summed E-state index contributed by atoms with van der Waals surface area (Å²) in [6, 6.07) is 23.4. The monoisotopic (exact) mass is 412 g/mol. The number of carbonyl (C=O) groups excluding carboxylic acids is 1. The van der Waals surface area contributed by atoms with Crippen LogP contribution >= 0.6 is 0 Å². The molecule has 1 amide bonds. The van der Waals surface area contributed by atoms with E-state index in [1.807, 2.05) is 59.5 Å². The fourth-order valence-electron chi connectivity index (χ4n) is 4.58. The Kier molecular flexibility index (Phi) is 4.86. The van der Waals surface area contributed by atoms with Crippen LogP contribution < -0.4 is 9.47 Å². The van der Waals surface area contributed by atoms with Crippen molar-refractivity contribution in [2.45, 2.75) is 12.5 Å². The lowest BCUT2D eigenvalue weighted by atomic mass is 9.91. The maximum atomic E-state index is 13.5. The van der Waals surface area contributed by atoms with Crippen molar-refractivity contribution in [1.82, 2.24) is 9.88 Å². The summed E-state index contributed by atoms with van der Waals surface area (Å²) >= 11 is 0. The Bertz CT molecular complexity index is 1250. The number of carbonyl (C=O) groups is 1. The molecular formula is C26H24N2O3. The van der Waals surface area contributed by atoms with Crippen LogP contribution in [0.2, 0.25) is 0 Å². The molecule has 1 aliphatic heterocycles. The minimum atomic E-state index is -0.247. The van der Waals surface area contributed by atoms with Crippen molar-refractivity contribution in [2.75, 3.05) is 20.8 Å². The first-order valence-corrected chi connectivity index (χ1v) is 10.4. The average molecular weight is 412 g/mol. The van der Waals surface area contributed by atoms with Crippen molar-refractivity contribution in [3.63, 3.8) is 0 Å². The summed E-state index contributed by atoms with van der Waals surface area (Å²) in [6.45, 7) is 0.640. The summed E-state index contributed by atoms with van der Waals surface area (Å²) in [5.41, 5.74) is 5.09. The van der Waals surface area contributed by atoms with Crippen molar-refractivity contribution in [3.8, 4) is 11.5 Å². The number of aromatic amines is 1. The third kappa shape index (κ3) is 3.22. The molecule has 0 radical (unpaired) electrons. The Balaban J connectivity index is 1.68. The summed E-state index contributed by atoms with van der Waals surface area (Å²) in [7, 11) is 3.25. The highest BCUT2D eigenvalue weighted by Crippen LogP contribution is 2.41. The highest BCUT2D eigenvalue weighted by atomic mass is 16.5. The molecular weight excluding hydrogens is 388 g/mol. The number of nitrogens with one attached hydrogen (secondary N) is 1. The molecule has 0 bridgehead atoms. The van der Waals surface area contributed by atoms with Gasteiger partial charge in [0.25, 0.3) is 5.91 Å². The first-order chi connectivity index (χ1) is 15.2. The van der Waals surface area contributed by atoms with Crippen LogP contribution in [0.15, 0.2) is 72.8 Å². The van der Waals surface area contributed by atoms with Gasteiger partial charge in [0, 0.05) is 28.7 Å². The lowest BCUT2D eigenvalue weighted by Gasteiger charge is -2.36. The second-order valence-corrected chi connectivity index (χ2v) is 7.69. The molecule has 1 N–H and O–H groups in total. The normalized spacial score (nSPS) is 15.5. The Morgan fingerprint density at radius 1 is 0.935 bits per heavy atom. The molecule has 1 aromatic heterocycles. The maximum absolute atomic E-state index is 13.5. The highest BCUT2D eigenvalue weighted by molar-refractivity contribution is 5.95. The molecule has 31 heavy (non-hydrogen) atoms. The van der Waals surface area contributed by atoms with Gasteiger partial charge in [-0.1, -0.05) is 42.5 Å². The zero-order valence-electron chi connectivity index (χ0n) is 17.6. The van der Waals surface area contributed by atoms with Crippen molar-refractivity contribution in [1.29, 1.82) is 0 Å². The summed E-state index contributed by atoms with van der Waals surface area (Å²) < 4.78 is 11.0. The number of hydrogen-bond acceptors (Lipinski definition) is 3. The van der Waals surface area contributed by atoms with Gasteiger partial charge in [-0.2, -0.15) is 0 Å². The van der Waals surface area contributed by atoms with Crippen LogP contribution in [-0.4, -0.2) is 36.6 Å². The lowest BCUT2D eigenvalue weighted by molar-refractivity contribution is 0.0691. The van der Waals surface area contributed by atoms with Gasteiger partial charge in [-0.05, 0) is 47.9 Å². The molecule has 2 heterocycles. The standard InChI is InChI=1S/C26H24N2O3/c1-30-22-13-12-18(16-23(22)31-2)25-24-20(19-10-6-7-11-21(19)27-24)14-15-28(25)26(29)17-8-4-3-5-9-17/h3-13,16,25,27H,14-15H2,1-2H3. The van der Waals surface area contributed by atoms with Gasteiger partial charge in [-0.15, -0.1) is 0 Å². The van der Waals surface area contributed by atoms with Crippen LogP contribution in [0, 0.1) is 0 Å². The van der Waals surface area contributed by atoms with Gasteiger partial charge in [-0.25, -0.2) is 0 Å². The zero-order valence-corrected chi connectivity index (χ0v) is 17.6. The van der Waals surface area contributed by atoms with Gasteiger partial charge in [0.05, 0.1) is 20.3 Å². The molecule has 5 heteroatoms. The summed E-state index contributed by atoms with van der Waals surface area (Å²) in [5, 5.41) is 1.22. The molecule has 5 nitrogen and oxygen atoms in total. The first-order valence-electron chi connectivity index (χ1n) is 10.4. The lowest BCUT2D eigenvalue weighted by Crippen LogP contribution is -2.40. The molecule has 3 aromatic carbocycles. The third-order valence-electron chi connectivity index (χ3n) is 6.04. The number of benzene rings is 3. The molecule has 0 aliphatic carbocycles. The maximum Gasteiger partial charge on any atom is 0.254 e. The number of nitrogens with zero attached hydrogens (tertiary/aromatic N) is 1. The number of amides is 1. The Hall–Kier alpha value is -3.73. The van der Waals surface area contributed by atoms with E-state index in [0.717, 1.165) is 23.2 Å². The predicted octanol–water partition coefficient (Wildman–Crippen LogP) is 4.97. The number of H-pyrrole nitrogens is 1. The fourth-order valence-corrected chi connectivity index (χ4v) is 4.58. The number of aromatic nitrogens is 1. The smallest absolute Gasteiger partial charge is 0.254 e.